The summed E-state index contributed by atoms with van der Waals surface area (Å²) in [6, 6.07) is 13.9. The van der Waals surface area contributed by atoms with Crippen LogP contribution in [0.2, 0.25) is 5.02 Å². The number of ether oxygens (including phenoxy) is 3. The molecule has 1 unspecified atom stereocenters. The molecule has 0 spiro atoms. The lowest BCUT2D eigenvalue weighted by atomic mass is 10.0. The summed E-state index contributed by atoms with van der Waals surface area (Å²) in [5, 5.41) is 4.70. The number of amides is 1. The van der Waals surface area contributed by atoms with E-state index < -0.39 is 0 Å². The fraction of sp³-hybridized carbons (Fsp3) is 0.370. The van der Waals surface area contributed by atoms with Gasteiger partial charge in [0.1, 0.15) is 13.2 Å². The van der Waals surface area contributed by atoms with E-state index in [1.165, 1.54) is 0 Å². The number of halogens is 1. The number of fused-ring (bicyclic) bond motifs is 1. The van der Waals surface area contributed by atoms with Crippen molar-refractivity contribution in [1.82, 2.24) is 4.90 Å². The highest BCUT2D eigenvalue weighted by Crippen LogP contribution is 2.39. The van der Waals surface area contributed by atoms with Gasteiger partial charge in [0.2, 0.25) is 5.91 Å². The molecule has 0 N–H and O–H groups in total. The Morgan fingerprint density at radius 3 is 2.88 bits per heavy atom. The maximum atomic E-state index is 13.1. The second-order valence-corrected chi connectivity index (χ2v) is 9.96. The minimum absolute atomic E-state index is 0.0914. The summed E-state index contributed by atoms with van der Waals surface area (Å²) in [5.74, 6) is 1.50. The Balaban J connectivity index is 1.44. The summed E-state index contributed by atoms with van der Waals surface area (Å²) >= 11 is 7.88. The van der Waals surface area contributed by atoms with Gasteiger partial charge in [0.05, 0.1) is 19.1 Å². The summed E-state index contributed by atoms with van der Waals surface area (Å²) in [5.41, 5.74) is 3.96. The first-order valence-corrected chi connectivity index (χ1v) is 13.1. The topological polar surface area (TPSA) is 48.0 Å². The maximum Gasteiger partial charge on any atom is 0.227 e. The van der Waals surface area contributed by atoms with Crippen LogP contribution < -0.4 is 9.47 Å². The van der Waals surface area contributed by atoms with E-state index in [1.807, 2.05) is 52.1 Å². The Morgan fingerprint density at radius 1 is 1.15 bits per heavy atom. The highest BCUT2D eigenvalue weighted by atomic mass is 35.5. The van der Waals surface area contributed by atoms with Crippen molar-refractivity contribution in [2.24, 2.45) is 0 Å². The van der Waals surface area contributed by atoms with Crippen molar-refractivity contribution in [2.75, 3.05) is 26.4 Å². The van der Waals surface area contributed by atoms with Gasteiger partial charge in [-0.1, -0.05) is 23.7 Å². The Bertz CT molecular complexity index is 1130. The van der Waals surface area contributed by atoms with Gasteiger partial charge in [-0.25, -0.2) is 0 Å². The minimum Gasteiger partial charge on any atom is -0.487 e. The van der Waals surface area contributed by atoms with Crippen LogP contribution in [-0.2, 0) is 22.5 Å². The number of benzene rings is 2. The number of carbonyl (C=O) groups is 1. The molecule has 2 aromatic carbocycles. The summed E-state index contributed by atoms with van der Waals surface area (Å²) < 4.78 is 18.3. The molecule has 1 fully saturated rings. The summed E-state index contributed by atoms with van der Waals surface area (Å²) in [7, 11) is 0. The molecule has 0 bridgehead atoms. The van der Waals surface area contributed by atoms with Crippen LogP contribution in [0.1, 0.15) is 30.4 Å². The third kappa shape index (κ3) is 5.57. The molecule has 178 valence electrons. The first-order valence-electron chi connectivity index (χ1n) is 11.7. The van der Waals surface area contributed by atoms with Crippen LogP contribution in [-0.4, -0.2) is 43.3 Å². The number of carbonyl (C=O) groups excluding carboxylic acids is 1. The molecular weight excluding hydrogens is 470 g/mol. The normalized spacial score (nSPS) is 18.0. The van der Waals surface area contributed by atoms with Crippen LogP contribution in [0.15, 0.2) is 53.2 Å². The zero-order chi connectivity index (χ0) is 23.3. The first kappa shape index (κ1) is 23.2. The lowest BCUT2D eigenvalue weighted by Gasteiger charge is -2.24. The minimum atomic E-state index is 0.0914. The molecule has 0 aliphatic carbocycles. The third-order valence-corrected chi connectivity index (χ3v) is 7.21. The lowest BCUT2D eigenvalue weighted by molar-refractivity contribution is -0.131. The van der Waals surface area contributed by atoms with E-state index in [4.69, 9.17) is 25.8 Å². The number of rotatable bonds is 6. The molecule has 2 aliphatic heterocycles. The van der Waals surface area contributed by atoms with E-state index in [0.717, 1.165) is 48.1 Å². The van der Waals surface area contributed by atoms with Gasteiger partial charge in [-0.2, -0.15) is 11.3 Å². The van der Waals surface area contributed by atoms with Gasteiger partial charge < -0.3 is 19.1 Å². The van der Waals surface area contributed by atoms with Gasteiger partial charge in [0.25, 0.3) is 0 Å². The summed E-state index contributed by atoms with van der Waals surface area (Å²) in [4.78, 5) is 14.9. The molecule has 1 saturated heterocycles. The number of nitrogens with zero attached hydrogens (tertiary/aromatic N) is 1. The number of hydrogen-bond acceptors (Lipinski definition) is 5. The van der Waals surface area contributed by atoms with Crippen molar-refractivity contribution in [1.29, 1.82) is 0 Å². The van der Waals surface area contributed by atoms with Crippen molar-refractivity contribution >= 4 is 28.8 Å². The zero-order valence-electron chi connectivity index (χ0n) is 19.0. The quantitative estimate of drug-likeness (QED) is 0.420. The SMILES string of the molecule is O=C(Cc1ccsc1)N1CCOc2c(cc(-c3cccc(Cl)c3)cc2OCC2CCCCO2)C1. The Labute approximate surface area is 209 Å². The number of hydrogen-bond donors (Lipinski definition) is 0. The standard InChI is InChI=1S/C27H28ClNO4S/c28-23-5-3-4-20(14-23)21-13-22-16-29(26(30)12-19-7-11-34-18-19)8-10-32-27(22)25(15-21)33-17-24-6-1-2-9-31-24/h3-5,7,11,13-15,18,24H,1-2,6,8-10,12,16-17H2. The van der Waals surface area contributed by atoms with Gasteiger partial charge in [-0.15, -0.1) is 0 Å². The largest absolute Gasteiger partial charge is 0.487 e. The third-order valence-electron chi connectivity index (χ3n) is 6.25. The predicted octanol–water partition coefficient (Wildman–Crippen LogP) is 5.98. The van der Waals surface area contributed by atoms with E-state index in [2.05, 4.69) is 6.07 Å². The molecular formula is C27H28ClNO4S. The molecule has 0 saturated carbocycles. The molecule has 7 heteroatoms. The van der Waals surface area contributed by atoms with Gasteiger partial charge in [-0.05, 0) is 77.0 Å². The monoisotopic (exact) mass is 497 g/mol. The molecule has 5 rings (SSSR count). The highest BCUT2D eigenvalue weighted by Gasteiger charge is 2.25. The Morgan fingerprint density at radius 2 is 2.09 bits per heavy atom. The highest BCUT2D eigenvalue weighted by molar-refractivity contribution is 7.08. The first-order chi connectivity index (χ1) is 16.7. The predicted molar refractivity (Wildman–Crippen MR) is 135 cm³/mol. The van der Waals surface area contributed by atoms with Crippen LogP contribution in [0.3, 0.4) is 0 Å². The van der Waals surface area contributed by atoms with Crippen LogP contribution in [0.25, 0.3) is 11.1 Å². The Kier molecular flexibility index (Phi) is 7.38. The van der Waals surface area contributed by atoms with Crippen molar-refractivity contribution in [2.45, 2.75) is 38.3 Å². The molecule has 3 aromatic rings. The average molecular weight is 498 g/mol. The molecule has 1 amide bonds. The molecule has 1 atom stereocenters. The van der Waals surface area contributed by atoms with E-state index in [1.54, 1.807) is 11.3 Å². The molecule has 3 heterocycles. The van der Waals surface area contributed by atoms with Crippen LogP contribution in [0.5, 0.6) is 11.5 Å². The maximum absolute atomic E-state index is 13.1. The number of thiophene rings is 1. The average Bonchev–Trinajstić information content (AvgIpc) is 3.26. The van der Waals surface area contributed by atoms with E-state index >= 15 is 0 Å². The molecule has 2 aliphatic rings. The molecule has 34 heavy (non-hydrogen) atoms. The van der Waals surface area contributed by atoms with Crippen LogP contribution in [0, 0.1) is 0 Å². The second kappa shape index (κ2) is 10.8. The van der Waals surface area contributed by atoms with Crippen LogP contribution in [0.4, 0.5) is 0 Å². The van der Waals surface area contributed by atoms with Crippen LogP contribution >= 0.6 is 22.9 Å². The van der Waals surface area contributed by atoms with Crippen molar-refractivity contribution < 1.29 is 19.0 Å². The summed E-state index contributed by atoms with van der Waals surface area (Å²) in [6.45, 7) is 2.70. The van der Waals surface area contributed by atoms with E-state index in [-0.39, 0.29) is 12.0 Å². The van der Waals surface area contributed by atoms with Crippen molar-refractivity contribution in [3.05, 3.63) is 69.4 Å². The molecule has 0 radical (unpaired) electrons. The van der Waals surface area contributed by atoms with E-state index in [9.17, 15) is 4.79 Å². The fourth-order valence-corrected chi connectivity index (χ4v) is 5.30. The fourth-order valence-electron chi connectivity index (χ4n) is 4.44. The summed E-state index contributed by atoms with van der Waals surface area (Å²) in [6.07, 6.45) is 3.76. The van der Waals surface area contributed by atoms with E-state index in [0.29, 0.717) is 49.2 Å². The van der Waals surface area contributed by atoms with Crippen molar-refractivity contribution in [3.8, 4) is 22.6 Å². The smallest absolute Gasteiger partial charge is 0.227 e. The molecule has 1 aromatic heterocycles. The van der Waals surface area contributed by atoms with Gasteiger partial charge in [0, 0.05) is 23.7 Å². The Hall–Kier alpha value is -2.54. The molecule has 5 nitrogen and oxygen atoms in total. The van der Waals surface area contributed by atoms with Gasteiger partial charge in [0.15, 0.2) is 11.5 Å². The second-order valence-electron chi connectivity index (χ2n) is 8.74. The zero-order valence-corrected chi connectivity index (χ0v) is 20.6. The van der Waals surface area contributed by atoms with Gasteiger partial charge in [-0.3, -0.25) is 4.79 Å². The lowest BCUT2D eigenvalue weighted by Crippen LogP contribution is -2.33. The van der Waals surface area contributed by atoms with Crippen molar-refractivity contribution in [3.63, 3.8) is 0 Å². The van der Waals surface area contributed by atoms with Gasteiger partial charge >= 0.3 is 0 Å².